The molecule has 0 atom stereocenters. The second-order valence-corrected chi connectivity index (χ2v) is 1.64. The molecule has 2 heteroatoms. The van der Waals surface area contributed by atoms with Crippen molar-refractivity contribution in [1.82, 2.24) is 0 Å². The molecule has 0 fully saturated rings. The molecule has 0 N–H and O–H groups in total. The first-order chi connectivity index (χ1) is 2.27. The third-order valence-corrected chi connectivity index (χ3v) is 1.13. The van der Waals surface area contributed by atoms with Gasteiger partial charge in [-0.05, 0) is 29.8 Å². The van der Waals surface area contributed by atoms with Gasteiger partial charge in [-0.1, -0.05) is 21.5 Å². The second-order valence-electron chi connectivity index (χ2n) is 1.19. The van der Waals surface area contributed by atoms with Crippen molar-refractivity contribution in [2.75, 3.05) is 0 Å². The highest BCUT2D eigenvalue weighted by Gasteiger charge is 1.62. The number of hydrogen-bond donors (Lipinski definition) is 0. The Morgan fingerprint density at radius 1 is 1.50 bits per heavy atom. The lowest BCUT2D eigenvalue weighted by Crippen LogP contribution is -1.48. The molecule has 0 aromatic carbocycles. The first-order valence-electron chi connectivity index (χ1n) is 1.51. The van der Waals surface area contributed by atoms with Crippen LogP contribution in [0, 0.1) is 0 Å². The molecule has 0 rings (SSSR count). The fourth-order valence-corrected chi connectivity index (χ4v) is 0. The zero-order valence-electron chi connectivity index (χ0n) is 3.46. The lowest BCUT2D eigenvalue weighted by molar-refractivity contribution is 1.42. The fraction of sp³-hybridized carbons (Fsp3) is 0.500. The molecule has 0 aliphatic heterocycles. The van der Waals surface area contributed by atoms with Crippen LogP contribution in [0.5, 0.6) is 0 Å². The summed E-state index contributed by atoms with van der Waals surface area (Å²) in [7, 11) is 0. The summed E-state index contributed by atoms with van der Waals surface area (Å²) in [5.41, 5.74) is 1.30. The van der Waals surface area contributed by atoms with Crippen molar-refractivity contribution in [3.63, 3.8) is 0 Å². The van der Waals surface area contributed by atoms with Crippen LogP contribution in [0.3, 0.4) is 0 Å². The van der Waals surface area contributed by atoms with Gasteiger partial charge in [0.2, 0.25) is 0 Å². The molecule has 0 aromatic heterocycles. The van der Waals surface area contributed by atoms with Gasteiger partial charge < -0.3 is 0 Å². The van der Waals surface area contributed by atoms with Crippen LogP contribution in [0.25, 0.3) is 0 Å². The Kier molecular flexibility index (Phi) is 8.76. The van der Waals surface area contributed by atoms with Crippen molar-refractivity contribution in [1.29, 1.82) is 0 Å². The Morgan fingerprint density at radius 3 is 1.67 bits per heavy atom. The number of allylic oxidation sites excluding steroid dienone is 1. The second kappa shape index (κ2) is 5.44. The smallest absolute Gasteiger partial charge is 0.0149 e. The number of rotatable bonds is 0. The standard InChI is InChI=1S/C4H7Br.H4Si/c1-4(2)3-5;/h3H,1-2H3;1H4. The topological polar surface area (TPSA) is 0 Å². The first kappa shape index (κ1) is 9.67. The Balaban J connectivity index is 0. The molecule has 0 saturated carbocycles. The molecule has 0 bridgehead atoms. The van der Waals surface area contributed by atoms with E-state index in [1.165, 1.54) is 5.57 Å². The quantitative estimate of drug-likeness (QED) is 0.469. The highest BCUT2D eigenvalue weighted by Crippen LogP contribution is 1.91. The average molecular weight is 167 g/mol. The summed E-state index contributed by atoms with van der Waals surface area (Å²) in [6.45, 7) is 4.07. The maximum Gasteiger partial charge on any atom is -0.0149 e. The van der Waals surface area contributed by atoms with Crippen molar-refractivity contribution < 1.29 is 0 Å². The predicted molar refractivity (Wildman–Crippen MR) is 39.7 cm³/mol. The Labute approximate surface area is 51.8 Å². The Hall–Kier alpha value is 0.437. The van der Waals surface area contributed by atoms with Crippen LogP contribution >= 0.6 is 15.9 Å². The van der Waals surface area contributed by atoms with E-state index in [9.17, 15) is 0 Å². The van der Waals surface area contributed by atoms with Crippen LogP contribution in [-0.4, -0.2) is 11.0 Å². The van der Waals surface area contributed by atoms with E-state index in [4.69, 9.17) is 0 Å². The van der Waals surface area contributed by atoms with Crippen LogP contribution in [0.2, 0.25) is 0 Å². The normalized spacial score (nSPS) is 5.83. The molecule has 0 aromatic rings. The van der Waals surface area contributed by atoms with Gasteiger partial charge in [0.1, 0.15) is 0 Å². The van der Waals surface area contributed by atoms with Gasteiger partial charge in [0, 0.05) is 0 Å². The fourth-order valence-electron chi connectivity index (χ4n) is 0. The molecular weight excluding hydrogens is 156 g/mol. The van der Waals surface area contributed by atoms with Gasteiger partial charge in [-0.2, -0.15) is 0 Å². The van der Waals surface area contributed by atoms with E-state index in [1.54, 1.807) is 0 Å². The van der Waals surface area contributed by atoms with E-state index < -0.39 is 0 Å². The molecule has 0 spiro atoms. The van der Waals surface area contributed by atoms with Crippen LogP contribution in [0.4, 0.5) is 0 Å². The monoisotopic (exact) mass is 166 g/mol. The third-order valence-electron chi connectivity index (χ3n) is 0.218. The molecule has 0 aliphatic carbocycles. The lowest BCUT2D eigenvalue weighted by atomic mass is 10.4. The minimum Gasteiger partial charge on any atom is -0.0695 e. The van der Waals surface area contributed by atoms with Crippen molar-refractivity contribution in [3.8, 4) is 0 Å². The molecule has 0 aliphatic rings. The summed E-state index contributed by atoms with van der Waals surface area (Å²) in [5.74, 6) is 0. The summed E-state index contributed by atoms with van der Waals surface area (Å²) in [6.07, 6.45) is 0. The SMILES string of the molecule is CC(C)=CBr.[SiH4]. The van der Waals surface area contributed by atoms with E-state index in [0.717, 1.165) is 0 Å². The minimum absolute atomic E-state index is 0. The van der Waals surface area contributed by atoms with Crippen molar-refractivity contribution in [3.05, 3.63) is 10.6 Å². The molecule has 6 heavy (non-hydrogen) atoms. The van der Waals surface area contributed by atoms with Crippen LogP contribution in [-0.2, 0) is 0 Å². The summed E-state index contributed by atoms with van der Waals surface area (Å²) >= 11 is 3.15. The molecule has 0 radical (unpaired) electrons. The molecule has 0 nitrogen and oxygen atoms in total. The van der Waals surface area contributed by atoms with Crippen molar-refractivity contribution in [2.45, 2.75) is 13.8 Å². The summed E-state index contributed by atoms with van der Waals surface area (Å²) < 4.78 is 0. The molecular formula is C4H11BrSi. The zero-order chi connectivity index (χ0) is 4.28. The van der Waals surface area contributed by atoms with E-state index in [-0.39, 0.29) is 11.0 Å². The first-order valence-corrected chi connectivity index (χ1v) is 2.42. The summed E-state index contributed by atoms with van der Waals surface area (Å²) in [4.78, 5) is 1.90. The number of hydrogen-bond acceptors (Lipinski definition) is 0. The van der Waals surface area contributed by atoms with Crippen molar-refractivity contribution in [2.24, 2.45) is 0 Å². The van der Waals surface area contributed by atoms with Gasteiger partial charge in [0.15, 0.2) is 0 Å². The van der Waals surface area contributed by atoms with E-state index >= 15 is 0 Å². The Morgan fingerprint density at radius 2 is 1.67 bits per heavy atom. The lowest BCUT2D eigenvalue weighted by Gasteiger charge is -1.72. The average Bonchev–Trinajstić information content (AvgIpc) is 1.38. The molecule has 38 valence electrons. The minimum atomic E-state index is 0. The third kappa shape index (κ3) is 8.83. The van der Waals surface area contributed by atoms with Gasteiger partial charge in [-0.3, -0.25) is 0 Å². The highest BCUT2D eigenvalue weighted by atomic mass is 79.9. The molecule has 0 saturated heterocycles. The van der Waals surface area contributed by atoms with E-state index in [2.05, 4.69) is 15.9 Å². The molecule has 0 amide bonds. The molecule has 0 unspecified atom stereocenters. The zero-order valence-corrected chi connectivity index (χ0v) is 5.04. The van der Waals surface area contributed by atoms with Crippen LogP contribution in [0.1, 0.15) is 13.8 Å². The van der Waals surface area contributed by atoms with Crippen LogP contribution in [0.15, 0.2) is 10.6 Å². The van der Waals surface area contributed by atoms with Gasteiger partial charge in [0.25, 0.3) is 0 Å². The summed E-state index contributed by atoms with van der Waals surface area (Å²) in [5, 5.41) is 0. The van der Waals surface area contributed by atoms with Gasteiger partial charge >= 0.3 is 0 Å². The van der Waals surface area contributed by atoms with Crippen molar-refractivity contribution >= 4 is 26.9 Å². The summed E-state index contributed by atoms with van der Waals surface area (Å²) in [6, 6.07) is 0. The van der Waals surface area contributed by atoms with E-state index in [0.29, 0.717) is 0 Å². The maximum absolute atomic E-state index is 3.15. The van der Waals surface area contributed by atoms with E-state index in [1.807, 2.05) is 18.8 Å². The highest BCUT2D eigenvalue weighted by molar-refractivity contribution is 9.11. The molecule has 0 heterocycles. The van der Waals surface area contributed by atoms with Gasteiger partial charge in [-0.15, -0.1) is 0 Å². The largest absolute Gasteiger partial charge is 0.0695 e. The maximum atomic E-state index is 3.15. The number of halogens is 1. The Bertz CT molecular complexity index is 45.5. The van der Waals surface area contributed by atoms with Gasteiger partial charge in [0.05, 0.1) is 0 Å². The van der Waals surface area contributed by atoms with Crippen LogP contribution < -0.4 is 0 Å². The van der Waals surface area contributed by atoms with Gasteiger partial charge in [-0.25, -0.2) is 0 Å². The predicted octanol–water partition coefficient (Wildman–Crippen LogP) is 0.853.